The highest BCUT2D eigenvalue weighted by atomic mass is 16.6. The first-order valence-corrected chi connectivity index (χ1v) is 14.8. The number of fused-ring (bicyclic) bond motifs is 2. The van der Waals surface area contributed by atoms with Crippen molar-refractivity contribution in [2.45, 2.75) is 39.3 Å². The van der Waals surface area contributed by atoms with E-state index in [4.69, 9.17) is 20.3 Å². The molecule has 1 amide bonds. The number of carboxylic acids is 1. The predicted molar refractivity (Wildman–Crippen MR) is 168 cm³/mol. The predicted octanol–water partition coefficient (Wildman–Crippen LogP) is 6.08. The number of carbonyl (C=O) groups is 2. The Morgan fingerprint density at radius 1 is 1.05 bits per heavy atom. The number of carboxylic acid groups (broad SMARTS) is 1. The maximum atomic E-state index is 12.7. The normalized spacial score (nSPS) is 14.9. The molecular formula is C34H35N5O5. The molecule has 1 aliphatic rings. The van der Waals surface area contributed by atoms with Gasteiger partial charge in [-0.25, -0.2) is 9.78 Å². The minimum absolute atomic E-state index is 0.0328. The molecule has 226 valence electrons. The number of carbonyl (C=O) groups excluding carboxylic acids is 1. The Hall–Kier alpha value is -5.12. The van der Waals surface area contributed by atoms with Crippen molar-refractivity contribution in [1.29, 1.82) is 0 Å². The number of nitrogens with zero attached hydrogens (tertiary/aromatic N) is 4. The first-order chi connectivity index (χ1) is 21.3. The van der Waals surface area contributed by atoms with Crippen molar-refractivity contribution in [2.75, 3.05) is 25.4 Å². The van der Waals surface area contributed by atoms with E-state index in [0.29, 0.717) is 36.8 Å². The summed E-state index contributed by atoms with van der Waals surface area (Å²) in [6.45, 7) is 5.63. The highest BCUT2D eigenvalue weighted by Gasteiger charge is 2.31. The number of nitrogen functional groups attached to an aromatic ring is 1. The summed E-state index contributed by atoms with van der Waals surface area (Å²) in [4.78, 5) is 30.1. The van der Waals surface area contributed by atoms with Crippen LogP contribution >= 0.6 is 0 Å². The molecule has 10 heteroatoms. The molecule has 0 aliphatic carbocycles. The van der Waals surface area contributed by atoms with Crippen molar-refractivity contribution in [3.05, 3.63) is 84.2 Å². The summed E-state index contributed by atoms with van der Waals surface area (Å²) in [6.07, 6.45) is 2.00. The number of nitrogens with two attached hydrogens (primary N) is 1. The van der Waals surface area contributed by atoms with Crippen LogP contribution in [0.1, 0.15) is 37.6 Å². The number of anilines is 1. The maximum absolute atomic E-state index is 12.7. The molecule has 44 heavy (non-hydrogen) atoms. The van der Waals surface area contributed by atoms with Crippen molar-refractivity contribution < 1.29 is 24.2 Å². The Bertz CT molecular complexity index is 1850. The van der Waals surface area contributed by atoms with E-state index in [2.05, 4.69) is 29.2 Å². The number of hydrogen-bond acceptors (Lipinski definition) is 7. The summed E-state index contributed by atoms with van der Waals surface area (Å²) in [5.74, 6) is 0.320. The van der Waals surface area contributed by atoms with Crippen LogP contribution in [0.3, 0.4) is 0 Å². The SMILES string of the molecule is CC(C)COC(=O)N1CCC(n2nc(COc3ccccc3CC(=O)O)c3cc(-c4ccc5ccnc(N)c5c4)ccc32)C1. The molecule has 0 bridgehead atoms. The van der Waals surface area contributed by atoms with Gasteiger partial charge in [0.25, 0.3) is 0 Å². The Morgan fingerprint density at radius 2 is 1.82 bits per heavy atom. The van der Waals surface area contributed by atoms with Gasteiger partial charge in [-0.05, 0) is 59.2 Å². The molecule has 0 radical (unpaired) electrons. The molecule has 3 heterocycles. The fourth-order valence-corrected chi connectivity index (χ4v) is 5.68. The van der Waals surface area contributed by atoms with Gasteiger partial charge in [0.1, 0.15) is 23.9 Å². The second kappa shape index (κ2) is 12.2. The van der Waals surface area contributed by atoms with Gasteiger partial charge in [0.2, 0.25) is 0 Å². The summed E-state index contributed by atoms with van der Waals surface area (Å²) in [5, 5.41) is 17.2. The lowest BCUT2D eigenvalue weighted by Crippen LogP contribution is -2.30. The zero-order valence-corrected chi connectivity index (χ0v) is 24.8. The van der Waals surface area contributed by atoms with E-state index in [1.807, 2.05) is 42.8 Å². The van der Waals surface area contributed by atoms with Gasteiger partial charge in [-0.15, -0.1) is 0 Å². The Kier molecular flexibility index (Phi) is 8.06. The van der Waals surface area contributed by atoms with Crippen LogP contribution < -0.4 is 10.5 Å². The van der Waals surface area contributed by atoms with Crippen LogP contribution in [0.4, 0.5) is 10.6 Å². The summed E-state index contributed by atoms with van der Waals surface area (Å²) < 4.78 is 13.7. The molecule has 10 nitrogen and oxygen atoms in total. The van der Waals surface area contributed by atoms with E-state index in [0.717, 1.165) is 44.9 Å². The molecule has 3 aromatic carbocycles. The summed E-state index contributed by atoms with van der Waals surface area (Å²) in [6, 6.07) is 21.4. The smallest absolute Gasteiger partial charge is 0.409 e. The minimum Gasteiger partial charge on any atom is -0.487 e. The lowest BCUT2D eigenvalue weighted by atomic mass is 10.00. The molecule has 6 rings (SSSR count). The number of rotatable bonds is 9. The van der Waals surface area contributed by atoms with E-state index >= 15 is 0 Å². The molecule has 0 saturated carbocycles. The molecule has 3 N–H and O–H groups in total. The van der Waals surface area contributed by atoms with Gasteiger partial charge in [-0.1, -0.05) is 50.2 Å². The van der Waals surface area contributed by atoms with Crippen molar-refractivity contribution in [3.63, 3.8) is 0 Å². The van der Waals surface area contributed by atoms with Crippen LogP contribution in [-0.4, -0.2) is 56.5 Å². The summed E-state index contributed by atoms with van der Waals surface area (Å²) in [5.41, 5.74) is 10.4. The van der Waals surface area contributed by atoms with Crippen LogP contribution in [0.25, 0.3) is 32.8 Å². The first kappa shape index (κ1) is 29.0. The lowest BCUT2D eigenvalue weighted by molar-refractivity contribution is -0.136. The number of para-hydroxylation sites is 1. The third-order valence-electron chi connectivity index (χ3n) is 7.90. The summed E-state index contributed by atoms with van der Waals surface area (Å²) in [7, 11) is 0. The van der Waals surface area contributed by atoms with Gasteiger partial charge in [0.05, 0.1) is 24.6 Å². The molecule has 0 spiro atoms. The number of hydrogen-bond donors (Lipinski definition) is 2. The van der Waals surface area contributed by atoms with Crippen molar-refractivity contribution in [3.8, 4) is 16.9 Å². The van der Waals surface area contributed by atoms with Gasteiger partial charge < -0.3 is 25.2 Å². The highest BCUT2D eigenvalue weighted by molar-refractivity contribution is 5.95. The number of pyridine rings is 1. The largest absolute Gasteiger partial charge is 0.487 e. The van der Waals surface area contributed by atoms with E-state index in [-0.39, 0.29) is 31.1 Å². The minimum atomic E-state index is -0.927. The van der Waals surface area contributed by atoms with E-state index < -0.39 is 5.97 Å². The zero-order chi connectivity index (χ0) is 30.8. The maximum Gasteiger partial charge on any atom is 0.409 e. The number of aliphatic carboxylic acids is 1. The van der Waals surface area contributed by atoms with Crippen LogP contribution in [0.2, 0.25) is 0 Å². The molecule has 1 atom stereocenters. The van der Waals surface area contributed by atoms with Crippen molar-refractivity contribution >= 4 is 39.6 Å². The molecular weight excluding hydrogens is 558 g/mol. The van der Waals surface area contributed by atoms with Crippen molar-refractivity contribution in [1.82, 2.24) is 19.7 Å². The van der Waals surface area contributed by atoms with E-state index in [1.54, 1.807) is 29.3 Å². The number of aromatic nitrogens is 3. The zero-order valence-electron chi connectivity index (χ0n) is 24.8. The van der Waals surface area contributed by atoms with Crippen LogP contribution in [-0.2, 0) is 22.6 Å². The number of likely N-dealkylation sites (tertiary alicyclic amines) is 1. The average molecular weight is 594 g/mol. The highest BCUT2D eigenvalue weighted by Crippen LogP contribution is 2.34. The summed E-state index contributed by atoms with van der Waals surface area (Å²) >= 11 is 0. The fourth-order valence-electron chi connectivity index (χ4n) is 5.68. The molecule has 1 fully saturated rings. The fraction of sp³-hybridized carbons (Fsp3) is 0.294. The second-order valence-corrected chi connectivity index (χ2v) is 11.6. The van der Waals surface area contributed by atoms with Gasteiger partial charge in [-0.2, -0.15) is 5.10 Å². The third kappa shape index (κ3) is 6.01. The number of ether oxygens (including phenoxy) is 2. The topological polar surface area (TPSA) is 133 Å². The Labute approximate surface area is 255 Å². The molecule has 1 unspecified atom stereocenters. The molecule has 2 aromatic heterocycles. The lowest BCUT2D eigenvalue weighted by Gasteiger charge is -2.17. The van der Waals surface area contributed by atoms with Crippen LogP contribution in [0.15, 0.2) is 72.9 Å². The standard InChI is InChI=1S/C34H35N5O5/c1-21(2)19-44-34(42)38-14-12-26(18-38)39-30-10-9-24(23-8-7-22-11-13-36-33(35)27(22)15-23)16-28(30)29(37-39)20-43-31-6-4-3-5-25(31)17-32(40)41/h3-11,13,15-16,21,26H,12,14,17-20H2,1-2H3,(H2,35,36)(H,40,41). The number of amides is 1. The number of benzene rings is 3. The average Bonchev–Trinajstić information content (AvgIpc) is 3.64. The monoisotopic (exact) mass is 593 g/mol. The van der Waals surface area contributed by atoms with Crippen molar-refractivity contribution in [2.24, 2.45) is 5.92 Å². The van der Waals surface area contributed by atoms with Gasteiger partial charge in [0, 0.05) is 35.6 Å². The Balaban J connectivity index is 1.35. The molecule has 1 saturated heterocycles. The second-order valence-electron chi connectivity index (χ2n) is 11.6. The molecule has 5 aromatic rings. The Morgan fingerprint density at radius 3 is 2.61 bits per heavy atom. The van der Waals surface area contributed by atoms with E-state index in [1.165, 1.54) is 0 Å². The van der Waals surface area contributed by atoms with Gasteiger partial charge in [-0.3, -0.25) is 9.48 Å². The van der Waals surface area contributed by atoms with Gasteiger partial charge >= 0.3 is 12.1 Å². The third-order valence-corrected chi connectivity index (χ3v) is 7.90. The molecule has 1 aliphatic heterocycles. The van der Waals surface area contributed by atoms with Crippen LogP contribution in [0.5, 0.6) is 5.75 Å². The van der Waals surface area contributed by atoms with Gasteiger partial charge in [0.15, 0.2) is 0 Å². The first-order valence-electron chi connectivity index (χ1n) is 14.8. The van der Waals surface area contributed by atoms with E-state index in [9.17, 15) is 14.7 Å². The quantitative estimate of drug-likeness (QED) is 0.210. The van der Waals surface area contributed by atoms with Crippen LogP contribution in [0, 0.1) is 5.92 Å².